The summed E-state index contributed by atoms with van der Waals surface area (Å²) in [6.45, 7) is 8.13. The molecule has 4 rings (SSSR count). The maximum atomic E-state index is 13.2. The van der Waals surface area contributed by atoms with E-state index < -0.39 is 28.3 Å². The highest BCUT2D eigenvalue weighted by Gasteiger charge is 2.33. The number of rotatable bonds is 6. The summed E-state index contributed by atoms with van der Waals surface area (Å²) in [7, 11) is 0. The van der Waals surface area contributed by atoms with Crippen molar-refractivity contribution in [3.8, 4) is 5.75 Å². The number of hydrogen-bond acceptors (Lipinski definition) is 6. The molecule has 1 aromatic heterocycles. The first kappa shape index (κ1) is 23.2. The number of amides is 1. The average Bonchev–Trinajstić information content (AvgIpc) is 2.78. The molecule has 1 fully saturated rings. The lowest BCUT2D eigenvalue weighted by Gasteiger charge is -2.35. The van der Waals surface area contributed by atoms with Crippen molar-refractivity contribution in [3.05, 3.63) is 62.2 Å². The minimum atomic E-state index is -0.863. The molecule has 0 spiro atoms. The van der Waals surface area contributed by atoms with Gasteiger partial charge in [0.2, 0.25) is 5.75 Å². The molecule has 0 aliphatic carbocycles. The molecule has 33 heavy (non-hydrogen) atoms. The molecule has 0 bridgehead atoms. The Balaban J connectivity index is 1.59. The van der Waals surface area contributed by atoms with Crippen LogP contribution in [0.2, 0.25) is 0 Å². The zero-order chi connectivity index (χ0) is 23.8. The maximum Gasteiger partial charge on any atom is 0.331 e. The average molecular weight is 461 g/mol. The van der Waals surface area contributed by atoms with Gasteiger partial charge in [-0.15, -0.1) is 0 Å². The van der Waals surface area contributed by atoms with Crippen LogP contribution in [0.1, 0.15) is 29.9 Å². The van der Waals surface area contributed by atoms with Crippen LogP contribution in [0.15, 0.2) is 33.9 Å². The van der Waals surface area contributed by atoms with Gasteiger partial charge >= 0.3 is 5.69 Å². The Bertz CT molecular complexity index is 1150. The zero-order valence-corrected chi connectivity index (χ0v) is 18.9. The number of benzene rings is 1. The Kier molecular flexibility index (Phi) is 6.40. The zero-order valence-electron chi connectivity index (χ0n) is 18.9. The van der Waals surface area contributed by atoms with E-state index in [1.807, 2.05) is 13.8 Å². The molecule has 1 saturated heterocycles. The van der Waals surface area contributed by atoms with E-state index in [0.29, 0.717) is 25.3 Å². The van der Waals surface area contributed by atoms with Crippen LogP contribution in [0.25, 0.3) is 0 Å². The Morgan fingerprint density at radius 3 is 2.33 bits per heavy atom. The molecule has 9 nitrogen and oxygen atoms in total. The maximum absolute atomic E-state index is 13.2. The summed E-state index contributed by atoms with van der Waals surface area (Å²) in [5, 5.41) is 10.6. The van der Waals surface area contributed by atoms with E-state index in [9.17, 15) is 23.9 Å². The second-order valence-corrected chi connectivity index (χ2v) is 9.43. The molecule has 1 aromatic carbocycles. The van der Waals surface area contributed by atoms with Gasteiger partial charge in [0.1, 0.15) is 5.82 Å². The van der Waals surface area contributed by atoms with Crippen LogP contribution >= 0.6 is 0 Å². The van der Waals surface area contributed by atoms with Crippen LogP contribution in [0, 0.1) is 11.2 Å². The fourth-order valence-corrected chi connectivity index (χ4v) is 4.52. The Hall–Kier alpha value is -2.98. The van der Waals surface area contributed by atoms with Gasteiger partial charge < -0.3 is 14.7 Å². The number of carbonyl (C=O) groups is 1. The second-order valence-electron chi connectivity index (χ2n) is 9.43. The molecular formula is C23H29FN4O5. The number of ether oxygens (including phenoxy) is 1. The highest BCUT2D eigenvalue weighted by molar-refractivity contribution is 5.95. The molecule has 0 saturated carbocycles. The third-order valence-electron chi connectivity index (χ3n) is 6.12. The normalized spacial score (nSPS) is 17.3. The lowest BCUT2D eigenvalue weighted by molar-refractivity contribution is 0.0182. The van der Waals surface area contributed by atoms with Crippen molar-refractivity contribution in [2.45, 2.75) is 33.5 Å². The van der Waals surface area contributed by atoms with E-state index in [0.717, 1.165) is 17.7 Å². The first-order valence-electron chi connectivity index (χ1n) is 11.1. The summed E-state index contributed by atoms with van der Waals surface area (Å²) in [6.07, 6.45) is 0. The number of morpholine rings is 1. The Morgan fingerprint density at radius 2 is 1.67 bits per heavy atom. The summed E-state index contributed by atoms with van der Waals surface area (Å²) in [6, 6.07) is 5.74. The van der Waals surface area contributed by atoms with Crippen LogP contribution < -0.4 is 11.2 Å². The number of fused-ring (bicyclic) bond motifs is 1. The fraction of sp³-hybridized carbons (Fsp3) is 0.522. The molecule has 10 heteroatoms. The minimum absolute atomic E-state index is 0.114. The van der Waals surface area contributed by atoms with Gasteiger partial charge in [-0.2, -0.15) is 0 Å². The van der Waals surface area contributed by atoms with Crippen LogP contribution in [0.4, 0.5) is 4.39 Å². The van der Waals surface area contributed by atoms with Crippen molar-refractivity contribution >= 4 is 5.91 Å². The lowest BCUT2D eigenvalue weighted by atomic mass is 9.92. The van der Waals surface area contributed by atoms with Gasteiger partial charge in [-0.1, -0.05) is 26.0 Å². The third kappa shape index (κ3) is 4.86. The second kappa shape index (κ2) is 9.11. The van der Waals surface area contributed by atoms with Crippen molar-refractivity contribution in [2.24, 2.45) is 5.41 Å². The molecule has 0 atom stereocenters. The molecule has 2 aliphatic heterocycles. The smallest absolute Gasteiger partial charge is 0.331 e. The van der Waals surface area contributed by atoms with Crippen LogP contribution in [-0.2, 0) is 24.4 Å². The molecule has 1 N–H and O–H groups in total. The van der Waals surface area contributed by atoms with Crippen molar-refractivity contribution < 1.29 is 19.0 Å². The molecule has 3 heterocycles. The van der Waals surface area contributed by atoms with E-state index in [1.54, 1.807) is 12.1 Å². The van der Waals surface area contributed by atoms with Crippen molar-refractivity contribution in [1.29, 1.82) is 0 Å². The van der Waals surface area contributed by atoms with Gasteiger partial charge in [0, 0.05) is 45.8 Å². The summed E-state index contributed by atoms with van der Waals surface area (Å²) in [4.78, 5) is 42.8. The predicted octanol–water partition coefficient (Wildman–Crippen LogP) is 0.869. The highest BCUT2D eigenvalue weighted by Crippen LogP contribution is 2.22. The molecule has 0 unspecified atom stereocenters. The first-order valence-corrected chi connectivity index (χ1v) is 11.1. The molecule has 2 aliphatic rings. The van der Waals surface area contributed by atoms with Gasteiger partial charge in [-0.25, -0.2) is 9.18 Å². The molecular weight excluding hydrogens is 431 g/mol. The quantitative estimate of drug-likeness (QED) is 0.687. The van der Waals surface area contributed by atoms with Crippen LogP contribution in [0.5, 0.6) is 5.75 Å². The van der Waals surface area contributed by atoms with E-state index >= 15 is 0 Å². The van der Waals surface area contributed by atoms with Crippen molar-refractivity contribution in [1.82, 2.24) is 18.9 Å². The molecule has 2 aromatic rings. The summed E-state index contributed by atoms with van der Waals surface area (Å²) in [5.74, 6) is -1.70. The number of halogens is 1. The predicted molar refractivity (Wildman–Crippen MR) is 119 cm³/mol. The topological polar surface area (TPSA) is 97.0 Å². The number of nitrogens with zero attached hydrogens (tertiary/aromatic N) is 4. The first-order chi connectivity index (χ1) is 15.7. The van der Waals surface area contributed by atoms with Crippen molar-refractivity contribution in [3.63, 3.8) is 0 Å². The van der Waals surface area contributed by atoms with Gasteiger partial charge in [0.05, 0.1) is 13.2 Å². The fourth-order valence-electron chi connectivity index (χ4n) is 4.52. The third-order valence-corrected chi connectivity index (χ3v) is 6.12. The van der Waals surface area contributed by atoms with E-state index in [4.69, 9.17) is 4.74 Å². The number of aromatic hydroxyl groups is 1. The Morgan fingerprint density at radius 1 is 1.00 bits per heavy atom. The van der Waals surface area contributed by atoms with Gasteiger partial charge in [-0.3, -0.25) is 23.6 Å². The Labute approximate surface area is 190 Å². The van der Waals surface area contributed by atoms with E-state index in [-0.39, 0.29) is 37.7 Å². The van der Waals surface area contributed by atoms with Gasteiger partial charge in [0.25, 0.3) is 11.5 Å². The standard InChI is InChI=1S/C23H29FN4O5/c1-23(2,14-25-9-11-33-12-10-25)15-28-21(31)19(29)18-20(30)26(7-8-27(18)22(28)32)13-16-3-5-17(24)6-4-16/h3-6,29H,7-15H2,1-2H3. The van der Waals surface area contributed by atoms with E-state index in [2.05, 4.69) is 4.90 Å². The van der Waals surface area contributed by atoms with Crippen LogP contribution in [0.3, 0.4) is 0 Å². The molecule has 178 valence electrons. The summed E-state index contributed by atoms with van der Waals surface area (Å²) >= 11 is 0. The summed E-state index contributed by atoms with van der Waals surface area (Å²) < 4.78 is 20.8. The van der Waals surface area contributed by atoms with Gasteiger partial charge in [0.15, 0.2) is 5.69 Å². The van der Waals surface area contributed by atoms with E-state index in [1.165, 1.54) is 21.6 Å². The monoisotopic (exact) mass is 460 g/mol. The molecule has 0 radical (unpaired) electrons. The number of aromatic nitrogens is 2. The minimum Gasteiger partial charge on any atom is -0.501 e. The largest absolute Gasteiger partial charge is 0.501 e. The lowest BCUT2D eigenvalue weighted by Crippen LogP contribution is -2.52. The SMILES string of the molecule is CC(C)(CN1CCOCC1)Cn1c(=O)c(O)c2n(c1=O)CCN(Cc1ccc(F)cc1)C2=O. The van der Waals surface area contributed by atoms with Crippen LogP contribution in [-0.4, -0.2) is 69.3 Å². The number of hydrogen-bond donors (Lipinski definition) is 1. The van der Waals surface area contributed by atoms with Gasteiger partial charge in [-0.05, 0) is 23.1 Å². The highest BCUT2D eigenvalue weighted by atomic mass is 19.1. The summed E-state index contributed by atoms with van der Waals surface area (Å²) in [5.41, 5.74) is -1.47. The molecule has 1 amide bonds. The number of carbonyl (C=O) groups excluding carboxylic acids is 1. The van der Waals surface area contributed by atoms with Crippen molar-refractivity contribution in [2.75, 3.05) is 39.4 Å².